The predicted octanol–water partition coefficient (Wildman–Crippen LogP) is 10.8. The summed E-state index contributed by atoms with van der Waals surface area (Å²) in [6.07, 6.45) is 1.96. The molecule has 8 aromatic rings. The Morgan fingerprint density at radius 2 is 1.00 bits per heavy atom. The number of hydrogen-bond donors (Lipinski definition) is 0. The molecule has 8 rings (SSSR count). The van der Waals surface area contributed by atoms with Gasteiger partial charge < -0.3 is 0 Å². The fourth-order valence-electron chi connectivity index (χ4n) is 6.62. The van der Waals surface area contributed by atoms with E-state index in [1.54, 1.807) is 0 Å². The number of rotatable bonds is 2. The van der Waals surface area contributed by atoms with Gasteiger partial charge in [-0.15, -0.1) is 0 Å². The Morgan fingerprint density at radius 3 is 1.90 bits per heavy atom. The highest BCUT2D eigenvalue weighted by Gasteiger charge is 2.13. The monoisotopic (exact) mass is 509 g/mol. The van der Waals surface area contributed by atoms with E-state index in [4.69, 9.17) is 4.98 Å². The second kappa shape index (κ2) is 8.76. The molecule has 0 aliphatic carbocycles. The molecule has 1 nitrogen and oxygen atoms in total. The van der Waals surface area contributed by atoms with Crippen LogP contribution in [0.2, 0.25) is 0 Å². The molecule has 1 heteroatoms. The molecule has 0 N–H and O–H groups in total. The van der Waals surface area contributed by atoms with Gasteiger partial charge in [-0.05, 0) is 103 Å². The van der Waals surface area contributed by atoms with E-state index in [2.05, 4.69) is 135 Å². The molecule has 0 bridgehead atoms. The molecule has 0 saturated carbocycles. The van der Waals surface area contributed by atoms with E-state index >= 15 is 0 Å². The third kappa shape index (κ3) is 3.45. The molecule has 0 atom stereocenters. The first-order chi connectivity index (χ1) is 19.7. The van der Waals surface area contributed by atoms with Crippen molar-refractivity contribution in [2.24, 2.45) is 0 Å². The summed E-state index contributed by atoms with van der Waals surface area (Å²) in [5.74, 6) is 0. The van der Waals surface area contributed by atoms with E-state index in [0.717, 1.165) is 11.3 Å². The summed E-state index contributed by atoms with van der Waals surface area (Å²) < 4.78 is 0. The number of nitrogens with zero attached hydrogens (tertiary/aromatic N) is 1. The molecule has 40 heavy (non-hydrogen) atoms. The van der Waals surface area contributed by atoms with Gasteiger partial charge in [0.05, 0.1) is 5.69 Å². The molecule has 0 saturated heterocycles. The van der Waals surface area contributed by atoms with E-state index < -0.39 is 0 Å². The van der Waals surface area contributed by atoms with Crippen molar-refractivity contribution < 1.29 is 0 Å². The maximum absolute atomic E-state index is 4.89. The van der Waals surface area contributed by atoms with Gasteiger partial charge in [0.2, 0.25) is 0 Å². The van der Waals surface area contributed by atoms with E-state index in [0.29, 0.717) is 0 Å². The Labute approximate surface area is 233 Å². The maximum Gasteiger partial charge on any atom is 0.0780 e. The van der Waals surface area contributed by atoms with Crippen molar-refractivity contribution in [2.75, 3.05) is 0 Å². The number of aromatic nitrogens is 1. The zero-order chi connectivity index (χ0) is 26.8. The third-order valence-electron chi connectivity index (χ3n) is 8.55. The van der Waals surface area contributed by atoms with E-state index in [9.17, 15) is 0 Å². The minimum atomic E-state index is 1.03. The van der Waals surface area contributed by atoms with Crippen molar-refractivity contribution in [3.05, 3.63) is 139 Å². The summed E-state index contributed by atoms with van der Waals surface area (Å²) in [6.45, 7) is 4.40. The number of aryl methyl sites for hydroxylation is 2. The fourth-order valence-corrected chi connectivity index (χ4v) is 6.62. The minimum absolute atomic E-state index is 1.03. The average molecular weight is 510 g/mol. The second-order valence-electron chi connectivity index (χ2n) is 10.9. The van der Waals surface area contributed by atoms with Crippen molar-refractivity contribution in [1.82, 2.24) is 4.98 Å². The Bertz CT molecular complexity index is 2270. The molecule has 188 valence electrons. The molecular weight excluding hydrogens is 482 g/mol. The molecule has 0 fully saturated rings. The first-order valence-electron chi connectivity index (χ1n) is 13.9. The van der Waals surface area contributed by atoms with Crippen molar-refractivity contribution in [1.29, 1.82) is 0 Å². The molecule has 0 radical (unpaired) electrons. The lowest BCUT2D eigenvalue weighted by Crippen LogP contribution is -1.90. The molecule has 0 spiro atoms. The molecule has 0 aliphatic heterocycles. The molecule has 0 unspecified atom stereocenters. The molecule has 0 aliphatic rings. The van der Waals surface area contributed by atoms with Crippen LogP contribution in [0.15, 0.2) is 128 Å². The molecule has 1 heterocycles. The number of hydrogen-bond acceptors (Lipinski definition) is 1. The van der Waals surface area contributed by atoms with Crippen LogP contribution in [-0.4, -0.2) is 4.98 Å². The van der Waals surface area contributed by atoms with E-state index in [1.807, 2.05) is 6.20 Å². The van der Waals surface area contributed by atoms with Crippen LogP contribution < -0.4 is 0 Å². The Hall–Kier alpha value is -5.01. The summed E-state index contributed by atoms with van der Waals surface area (Å²) in [7, 11) is 0. The van der Waals surface area contributed by atoms with Crippen LogP contribution in [0.25, 0.3) is 76.2 Å². The Balaban J connectivity index is 1.33. The highest BCUT2D eigenvalue weighted by Crippen LogP contribution is 2.38. The summed E-state index contributed by atoms with van der Waals surface area (Å²) in [6, 6.07) is 44.4. The Morgan fingerprint density at radius 1 is 0.400 bits per heavy atom. The number of pyridine rings is 1. The quantitative estimate of drug-likeness (QED) is 0.211. The first-order valence-corrected chi connectivity index (χ1v) is 13.9. The highest BCUT2D eigenvalue weighted by molar-refractivity contribution is 6.19. The van der Waals surface area contributed by atoms with Gasteiger partial charge in [0.15, 0.2) is 0 Å². The summed E-state index contributed by atoms with van der Waals surface area (Å²) in [5, 5.41) is 12.6. The summed E-state index contributed by atoms with van der Waals surface area (Å²) in [4.78, 5) is 4.89. The molecule has 1 aromatic heterocycles. The van der Waals surface area contributed by atoms with E-state index in [-0.39, 0.29) is 0 Å². The third-order valence-corrected chi connectivity index (χ3v) is 8.55. The van der Waals surface area contributed by atoms with E-state index in [1.165, 1.54) is 76.1 Å². The smallest absolute Gasteiger partial charge is 0.0780 e. The van der Waals surface area contributed by atoms with Crippen LogP contribution >= 0.6 is 0 Å². The normalized spacial score (nSPS) is 11.8. The van der Waals surface area contributed by atoms with Crippen molar-refractivity contribution in [3.8, 4) is 22.4 Å². The zero-order valence-corrected chi connectivity index (χ0v) is 22.6. The van der Waals surface area contributed by atoms with Crippen molar-refractivity contribution >= 4 is 53.9 Å². The lowest BCUT2D eigenvalue weighted by atomic mass is 9.91. The molecule has 7 aromatic carbocycles. The van der Waals surface area contributed by atoms with Gasteiger partial charge in [0, 0.05) is 17.1 Å². The highest BCUT2D eigenvalue weighted by atomic mass is 14.7. The first kappa shape index (κ1) is 22.9. The topological polar surface area (TPSA) is 12.9 Å². The van der Waals surface area contributed by atoms with Crippen molar-refractivity contribution in [2.45, 2.75) is 13.8 Å². The molecular formula is C39H27N. The van der Waals surface area contributed by atoms with Crippen LogP contribution in [0.3, 0.4) is 0 Å². The SMILES string of the molecule is Cc1cccc(C)c1-c1ccc2ccc3c4ccnc(-c5ccc6c(ccc7ccccc76)c5)c4ccc3c2c1. The number of benzene rings is 7. The minimum Gasteiger partial charge on any atom is -0.256 e. The van der Waals surface area contributed by atoms with Gasteiger partial charge in [-0.3, -0.25) is 4.98 Å². The van der Waals surface area contributed by atoms with Crippen LogP contribution in [-0.2, 0) is 0 Å². The Kier molecular flexibility index (Phi) is 5.02. The molecule has 0 amide bonds. The maximum atomic E-state index is 4.89. The second-order valence-corrected chi connectivity index (χ2v) is 10.9. The van der Waals surface area contributed by atoms with Gasteiger partial charge in [0.25, 0.3) is 0 Å². The van der Waals surface area contributed by atoms with Gasteiger partial charge in [-0.25, -0.2) is 0 Å². The predicted molar refractivity (Wildman–Crippen MR) is 172 cm³/mol. The fraction of sp³-hybridized carbons (Fsp3) is 0.0513. The van der Waals surface area contributed by atoms with Crippen LogP contribution in [0.4, 0.5) is 0 Å². The van der Waals surface area contributed by atoms with Gasteiger partial charge >= 0.3 is 0 Å². The number of fused-ring (bicyclic) bond motifs is 8. The largest absolute Gasteiger partial charge is 0.256 e. The van der Waals surface area contributed by atoms with Gasteiger partial charge in [-0.2, -0.15) is 0 Å². The zero-order valence-electron chi connectivity index (χ0n) is 22.6. The van der Waals surface area contributed by atoms with Gasteiger partial charge in [0.1, 0.15) is 0 Å². The lowest BCUT2D eigenvalue weighted by Gasteiger charge is -2.14. The standard InChI is InChI=1S/C39H27N/c1-24-6-5-7-25(2)38(24)29-13-11-27-14-17-33-34(37(27)23-29)18-19-36-35(33)20-21-40-39(36)30-15-16-32-28(22-30)12-10-26-8-3-4-9-31(26)32/h3-23H,1-2H3. The summed E-state index contributed by atoms with van der Waals surface area (Å²) >= 11 is 0. The van der Waals surface area contributed by atoms with Crippen molar-refractivity contribution in [3.63, 3.8) is 0 Å². The van der Waals surface area contributed by atoms with Crippen LogP contribution in [0.5, 0.6) is 0 Å². The lowest BCUT2D eigenvalue weighted by molar-refractivity contribution is 1.36. The van der Waals surface area contributed by atoms with Gasteiger partial charge in [-0.1, -0.05) is 103 Å². The van der Waals surface area contributed by atoms with Crippen LogP contribution in [0.1, 0.15) is 11.1 Å². The average Bonchev–Trinajstić information content (AvgIpc) is 3.00. The van der Waals surface area contributed by atoms with Crippen LogP contribution in [0, 0.1) is 13.8 Å². The summed E-state index contributed by atoms with van der Waals surface area (Å²) in [5.41, 5.74) is 7.39.